The minimum atomic E-state index is -0.523. The van der Waals surface area contributed by atoms with Crippen molar-refractivity contribution in [2.45, 2.75) is 31.5 Å². The van der Waals surface area contributed by atoms with Crippen LogP contribution in [0.15, 0.2) is 36.5 Å². The summed E-state index contributed by atoms with van der Waals surface area (Å²) in [6.07, 6.45) is 3.67. The number of hydrogen-bond acceptors (Lipinski definition) is 4. The quantitative estimate of drug-likeness (QED) is 0.883. The summed E-state index contributed by atoms with van der Waals surface area (Å²) in [5.74, 6) is -0.260. The highest BCUT2D eigenvalue weighted by Crippen LogP contribution is 2.25. The molecule has 24 heavy (non-hydrogen) atoms. The van der Waals surface area contributed by atoms with Gasteiger partial charge in [0.1, 0.15) is 11.8 Å². The molecule has 2 N–H and O–H groups in total. The third-order valence-corrected chi connectivity index (χ3v) is 4.40. The first-order chi connectivity index (χ1) is 11.6. The van der Waals surface area contributed by atoms with Crippen LogP contribution in [0.1, 0.15) is 34.9 Å². The molecule has 1 unspecified atom stereocenters. The molecule has 1 aliphatic carbocycles. The van der Waals surface area contributed by atoms with Crippen LogP contribution in [0, 0.1) is 0 Å². The minimum absolute atomic E-state index is 0.0472. The number of benzene rings is 1. The van der Waals surface area contributed by atoms with Gasteiger partial charge < -0.3 is 15.3 Å². The lowest BCUT2D eigenvalue weighted by Crippen LogP contribution is -2.47. The van der Waals surface area contributed by atoms with E-state index in [1.165, 1.54) is 12.1 Å². The number of amides is 2. The standard InChI is InChI=1S/C17H18N4O3/c22-14-3-1-2-11(8-14)17(24)20-9-13-6-7-18-21(13)15(10-20)16(23)19-12-4-5-12/h1-3,6-8,12,15,22H,4-5,9-10H2,(H,19,23). The molecule has 1 aliphatic heterocycles. The minimum Gasteiger partial charge on any atom is -0.508 e. The molecule has 2 aromatic rings. The van der Waals surface area contributed by atoms with Crippen LogP contribution in [0.25, 0.3) is 0 Å². The SMILES string of the molecule is O=C(NC1CC1)C1CN(C(=O)c2cccc(O)c2)Cc2ccnn21. The number of aromatic hydroxyl groups is 1. The molecule has 1 atom stereocenters. The topological polar surface area (TPSA) is 87.5 Å². The maximum atomic E-state index is 12.7. The van der Waals surface area contributed by atoms with Gasteiger partial charge in [-0.15, -0.1) is 0 Å². The Bertz CT molecular complexity index is 797. The summed E-state index contributed by atoms with van der Waals surface area (Å²) >= 11 is 0. The van der Waals surface area contributed by atoms with Gasteiger partial charge in [0.05, 0.1) is 18.8 Å². The van der Waals surface area contributed by atoms with E-state index in [0.717, 1.165) is 18.5 Å². The lowest BCUT2D eigenvalue weighted by Gasteiger charge is -2.33. The van der Waals surface area contributed by atoms with E-state index in [2.05, 4.69) is 10.4 Å². The molecule has 2 heterocycles. The largest absolute Gasteiger partial charge is 0.508 e. The molecule has 1 fully saturated rings. The normalized spacial score (nSPS) is 19.7. The maximum Gasteiger partial charge on any atom is 0.254 e. The van der Waals surface area contributed by atoms with E-state index in [9.17, 15) is 14.7 Å². The summed E-state index contributed by atoms with van der Waals surface area (Å²) in [7, 11) is 0. The van der Waals surface area contributed by atoms with Crippen LogP contribution in [-0.4, -0.2) is 44.2 Å². The first-order valence-electron chi connectivity index (χ1n) is 8.03. The Morgan fingerprint density at radius 1 is 1.25 bits per heavy atom. The monoisotopic (exact) mass is 326 g/mol. The Morgan fingerprint density at radius 3 is 2.83 bits per heavy atom. The van der Waals surface area contributed by atoms with E-state index < -0.39 is 6.04 Å². The summed E-state index contributed by atoms with van der Waals surface area (Å²) in [6, 6.07) is 7.81. The molecule has 1 aromatic heterocycles. The van der Waals surface area contributed by atoms with Crippen molar-refractivity contribution in [2.75, 3.05) is 6.54 Å². The third kappa shape index (κ3) is 2.73. The third-order valence-electron chi connectivity index (χ3n) is 4.40. The fourth-order valence-corrected chi connectivity index (χ4v) is 2.99. The number of hydrogen-bond donors (Lipinski definition) is 2. The average molecular weight is 326 g/mol. The van der Waals surface area contributed by atoms with Crippen LogP contribution in [0.3, 0.4) is 0 Å². The molecule has 0 bridgehead atoms. The molecule has 4 rings (SSSR count). The van der Waals surface area contributed by atoms with Gasteiger partial charge in [-0.05, 0) is 37.1 Å². The highest BCUT2D eigenvalue weighted by molar-refractivity contribution is 5.95. The Kier molecular flexibility index (Phi) is 3.48. The first kappa shape index (κ1) is 14.7. The predicted octanol–water partition coefficient (Wildman–Crippen LogP) is 1.06. The number of phenolic OH excluding ortho intramolecular Hbond substituents is 1. The summed E-state index contributed by atoms with van der Waals surface area (Å²) in [6.45, 7) is 0.656. The molecule has 1 aromatic carbocycles. The molecule has 0 saturated heterocycles. The van der Waals surface area contributed by atoms with Gasteiger partial charge in [0.2, 0.25) is 5.91 Å². The molecule has 2 amide bonds. The van der Waals surface area contributed by atoms with Crippen molar-refractivity contribution in [3.63, 3.8) is 0 Å². The van der Waals surface area contributed by atoms with Gasteiger partial charge in [-0.3, -0.25) is 14.3 Å². The van der Waals surface area contributed by atoms with Gasteiger partial charge in [0, 0.05) is 17.8 Å². The molecule has 2 aliphatic rings. The van der Waals surface area contributed by atoms with Gasteiger partial charge in [0.15, 0.2) is 0 Å². The van der Waals surface area contributed by atoms with Gasteiger partial charge in [-0.2, -0.15) is 5.10 Å². The smallest absolute Gasteiger partial charge is 0.254 e. The van der Waals surface area contributed by atoms with Crippen molar-refractivity contribution in [1.29, 1.82) is 0 Å². The van der Waals surface area contributed by atoms with E-state index in [1.807, 2.05) is 6.07 Å². The Morgan fingerprint density at radius 2 is 2.08 bits per heavy atom. The highest BCUT2D eigenvalue weighted by atomic mass is 16.3. The molecule has 7 nitrogen and oxygen atoms in total. The second-order valence-electron chi connectivity index (χ2n) is 6.30. The molecule has 0 spiro atoms. The van der Waals surface area contributed by atoms with Crippen LogP contribution in [0.4, 0.5) is 0 Å². The number of phenols is 1. The van der Waals surface area contributed by atoms with Crippen LogP contribution in [-0.2, 0) is 11.3 Å². The van der Waals surface area contributed by atoms with Crippen molar-refractivity contribution < 1.29 is 14.7 Å². The van der Waals surface area contributed by atoms with Crippen molar-refractivity contribution in [1.82, 2.24) is 20.0 Å². The second-order valence-corrected chi connectivity index (χ2v) is 6.30. The number of rotatable bonds is 3. The number of nitrogens with one attached hydrogen (secondary N) is 1. The fourth-order valence-electron chi connectivity index (χ4n) is 2.99. The molecule has 0 radical (unpaired) electrons. The Balaban J connectivity index is 1.59. The summed E-state index contributed by atoms with van der Waals surface area (Å²) in [5, 5.41) is 16.8. The number of aromatic nitrogens is 2. The van der Waals surface area contributed by atoms with E-state index in [1.54, 1.807) is 27.9 Å². The molecule has 1 saturated carbocycles. The Hall–Kier alpha value is -2.83. The average Bonchev–Trinajstić information content (AvgIpc) is 3.26. The zero-order valence-corrected chi connectivity index (χ0v) is 13.1. The first-order valence-corrected chi connectivity index (χ1v) is 8.03. The van der Waals surface area contributed by atoms with Gasteiger partial charge in [-0.25, -0.2) is 0 Å². The molecular formula is C17H18N4O3. The predicted molar refractivity (Wildman–Crippen MR) is 85.3 cm³/mol. The van der Waals surface area contributed by atoms with Gasteiger partial charge in [0.25, 0.3) is 5.91 Å². The maximum absolute atomic E-state index is 12.7. The van der Waals surface area contributed by atoms with Crippen LogP contribution >= 0.6 is 0 Å². The molecular weight excluding hydrogens is 308 g/mol. The van der Waals surface area contributed by atoms with Crippen LogP contribution in [0.5, 0.6) is 5.75 Å². The van der Waals surface area contributed by atoms with Crippen molar-refractivity contribution in [2.24, 2.45) is 0 Å². The van der Waals surface area contributed by atoms with E-state index in [0.29, 0.717) is 12.1 Å². The van der Waals surface area contributed by atoms with Crippen LogP contribution < -0.4 is 5.32 Å². The lowest BCUT2D eigenvalue weighted by atomic mass is 10.1. The van der Waals surface area contributed by atoms with Gasteiger partial charge in [-0.1, -0.05) is 6.07 Å². The summed E-state index contributed by atoms with van der Waals surface area (Å²) < 4.78 is 1.70. The number of carbonyl (C=O) groups is 2. The van der Waals surface area contributed by atoms with Crippen molar-refractivity contribution >= 4 is 11.8 Å². The fraction of sp³-hybridized carbons (Fsp3) is 0.353. The summed E-state index contributed by atoms with van der Waals surface area (Å²) in [5.41, 5.74) is 1.23. The van der Waals surface area contributed by atoms with E-state index >= 15 is 0 Å². The number of fused-ring (bicyclic) bond motifs is 1. The van der Waals surface area contributed by atoms with Crippen molar-refractivity contribution in [3.05, 3.63) is 47.8 Å². The number of carbonyl (C=O) groups excluding carboxylic acids is 2. The Labute approximate surface area is 138 Å². The zero-order valence-electron chi connectivity index (χ0n) is 13.1. The molecule has 124 valence electrons. The number of nitrogens with zero attached hydrogens (tertiary/aromatic N) is 3. The van der Waals surface area contributed by atoms with Gasteiger partial charge >= 0.3 is 0 Å². The lowest BCUT2D eigenvalue weighted by molar-refractivity contribution is -0.125. The van der Waals surface area contributed by atoms with Crippen LogP contribution in [0.2, 0.25) is 0 Å². The zero-order chi connectivity index (χ0) is 16.7. The molecule has 7 heteroatoms. The highest BCUT2D eigenvalue weighted by Gasteiger charge is 2.35. The van der Waals surface area contributed by atoms with E-state index in [-0.39, 0.29) is 30.2 Å². The van der Waals surface area contributed by atoms with Crippen molar-refractivity contribution in [3.8, 4) is 5.75 Å². The summed E-state index contributed by atoms with van der Waals surface area (Å²) in [4.78, 5) is 26.9. The van der Waals surface area contributed by atoms with E-state index in [4.69, 9.17) is 0 Å². The second kappa shape index (κ2) is 5.67.